The van der Waals surface area contributed by atoms with Crippen LogP contribution in [0.5, 0.6) is 0 Å². The van der Waals surface area contributed by atoms with Crippen molar-refractivity contribution in [3.05, 3.63) is 30.1 Å². The van der Waals surface area contributed by atoms with Crippen LogP contribution in [0.2, 0.25) is 0 Å². The molecule has 2 rings (SSSR count). The lowest BCUT2D eigenvalue weighted by Gasteiger charge is -2.29. The number of nitrogens with one attached hydrogen (secondary N) is 1. The van der Waals surface area contributed by atoms with Crippen LogP contribution in [0, 0.1) is 5.82 Å². The van der Waals surface area contributed by atoms with Gasteiger partial charge in [-0.1, -0.05) is 25.5 Å². The van der Waals surface area contributed by atoms with Crippen molar-refractivity contribution in [1.29, 1.82) is 0 Å². The minimum absolute atomic E-state index is 0.155. The van der Waals surface area contributed by atoms with Crippen LogP contribution in [0.1, 0.15) is 32.6 Å². The molecular formula is C14H20FNO2S. The number of hydrogen-bond donors (Lipinski definition) is 1. The molecule has 1 aliphatic carbocycles. The molecule has 5 heteroatoms. The van der Waals surface area contributed by atoms with Gasteiger partial charge in [0.15, 0.2) is 9.84 Å². The van der Waals surface area contributed by atoms with Gasteiger partial charge in [-0.2, -0.15) is 0 Å². The largest absolute Gasteiger partial charge is 0.314 e. The van der Waals surface area contributed by atoms with Crippen molar-refractivity contribution in [2.75, 3.05) is 6.54 Å². The quantitative estimate of drug-likeness (QED) is 0.924. The summed E-state index contributed by atoms with van der Waals surface area (Å²) in [5.41, 5.74) is 0. The van der Waals surface area contributed by atoms with Crippen LogP contribution < -0.4 is 5.32 Å². The standard InChI is InChI=1S/C14H20FNO2S/c1-2-16-11-6-5-7-12(10-11)19(17,18)14-9-4-3-8-13(14)15/h3-4,8-9,11-12,16H,2,5-7,10H2,1H3. The molecule has 2 unspecified atom stereocenters. The number of rotatable bonds is 4. The molecule has 2 atom stereocenters. The van der Waals surface area contributed by atoms with E-state index < -0.39 is 20.9 Å². The van der Waals surface area contributed by atoms with Gasteiger partial charge in [0.1, 0.15) is 10.7 Å². The molecule has 0 bridgehead atoms. The average molecular weight is 285 g/mol. The summed E-state index contributed by atoms with van der Waals surface area (Å²) in [5, 5.41) is 2.82. The van der Waals surface area contributed by atoms with E-state index >= 15 is 0 Å². The summed E-state index contributed by atoms with van der Waals surface area (Å²) in [5.74, 6) is -0.645. The summed E-state index contributed by atoms with van der Waals surface area (Å²) in [4.78, 5) is -0.155. The molecule has 1 aromatic rings. The molecule has 0 aromatic heterocycles. The van der Waals surface area contributed by atoms with Crippen molar-refractivity contribution < 1.29 is 12.8 Å². The van der Waals surface area contributed by atoms with E-state index in [2.05, 4.69) is 5.32 Å². The van der Waals surface area contributed by atoms with Gasteiger partial charge in [-0.25, -0.2) is 12.8 Å². The molecule has 1 saturated carbocycles. The first-order valence-electron chi connectivity index (χ1n) is 6.77. The highest BCUT2D eigenvalue weighted by Crippen LogP contribution is 2.29. The van der Waals surface area contributed by atoms with E-state index in [0.29, 0.717) is 12.8 Å². The van der Waals surface area contributed by atoms with Gasteiger partial charge < -0.3 is 5.32 Å². The lowest BCUT2D eigenvalue weighted by molar-refractivity contribution is 0.377. The molecule has 1 N–H and O–H groups in total. The number of benzene rings is 1. The summed E-state index contributed by atoms with van der Waals surface area (Å²) in [6.07, 6.45) is 3.07. The molecule has 106 valence electrons. The van der Waals surface area contributed by atoms with Crippen LogP contribution in [-0.4, -0.2) is 26.3 Å². The Morgan fingerprint density at radius 2 is 2.05 bits per heavy atom. The predicted molar refractivity (Wildman–Crippen MR) is 73.3 cm³/mol. The van der Waals surface area contributed by atoms with Crippen molar-refractivity contribution in [2.45, 2.75) is 48.8 Å². The van der Waals surface area contributed by atoms with Crippen LogP contribution in [0.3, 0.4) is 0 Å². The van der Waals surface area contributed by atoms with Gasteiger partial charge in [0, 0.05) is 6.04 Å². The third-order valence-corrected chi connectivity index (χ3v) is 5.95. The lowest BCUT2D eigenvalue weighted by atomic mass is 9.95. The Balaban J connectivity index is 2.22. The highest BCUT2D eigenvalue weighted by atomic mass is 32.2. The molecule has 0 saturated heterocycles. The Hall–Kier alpha value is -0.940. The molecule has 1 fully saturated rings. The highest BCUT2D eigenvalue weighted by molar-refractivity contribution is 7.92. The van der Waals surface area contributed by atoms with Crippen LogP contribution in [0.25, 0.3) is 0 Å². The van der Waals surface area contributed by atoms with Gasteiger partial charge in [-0.05, 0) is 37.9 Å². The maximum Gasteiger partial charge on any atom is 0.184 e. The second kappa shape index (κ2) is 6.01. The molecule has 0 spiro atoms. The Bertz CT molecular complexity index is 528. The fourth-order valence-electron chi connectivity index (χ4n) is 2.76. The fraction of sp³-hybridized carbons (Fsp3) is 0.571. The lowest BCUT2D eigenvalue weighted by Crippen LogP contribution is -2.39. The van der Waals surface area contributed by atoms with Crippen LogP contribution in [0.15, 0.2) is 29.2 Å². The zero-order valence-corrected chi connectivity index (χ0v) is 11.9. The van der Waals surface area contributed by atoms with Crippen molar-refractivity contribution in [2.24, 2.45) is 0 Å². The Kier molecular flexibility index (Phi) is 4.58. The van der Waals surface area contributed by atoms with Crippen molar-refractivity contribution >= 4 is 9.84 Å². The SMILES string of the molecule is CCNC1CCCC(S(=O)(=O)c2ccccc2F)C1. The van der Waals surface area contributed by atoms with Gasteiger partial charge in [0.25, 0.3) is 0 Å². The first-order valence-corrected chi connectivity index (χ1v) is 8.32. The van der Waals surface area contributed by atoms with Crippen LogP contribution in [0.4, 0.5) is 4.39 Å². The Morgan fingerprint density at radius 3 is 2.74 bits per heavy atom. The summed E-state index contributed by atoms with van der Waals surface area (Å²) in [7, 11) is -3.56. The second-order valence-electron chi connectivity index (χ2n) is 5.02. The van der Waals surface area contributed by atoms with E-state index in [0.717, 1.165) is 19.4 Å². The summed E-state index contributed by atoms with van der Waals surface area (Å²) >= 11 is 0. The van der Waals surface area contributed by atoms with Gasteiger partial charge >= 0.3 is 0 Å². The van der Waals surface area contributed by atoms with Crippen molar-refractivity contribution in [3.63, 3.8) is 0 Å². The molecular weight excluding hydrogens is 265 g/mol. The van der Waals surface area contributed by atoms with Gasteiger partial charge in [0.05, 0.1) is 5.25 Å². The minimum Gasteiger partial charge on any atom is -0.314 e. The smallest absolute Gasteiger partial charge is 0.184 e. The summed E-state index contributed by atoms with van der Waals surface area (Å²) < 4.78 is 38.7. The first-order chi connectivity index (χ1) is 9.05. The zero-order chi connectivity index (χ0) is 13.9. The maximum absolute atomic E-state index is 13.7. The third-order valence-electron chi connectivity index (χ3n) is 3.70. The number of halogens is 1. The van der Waals surface area contributed by atoms with Gasteiger partial charge in [0.2, 0.25) is 0 Å². The normalized spacial score (nSPS) is 24.3. The van der Waals surface area contributed by atoms with E-state index in [-0.39, 0.29) is 10.9 Å². The fourth-order valence-corrected chi connectivity index (χ4v) is 4.69. The van der Waals surface area contributed by atoms with E-state index in [4.69, 9.17) is 0 Å². The van der Waals surface area contributed by atoms with E-state index in [1.807, 2.05) is 6.92 Å². The molecule has 0 radical (unpaired) electrons. The monoisotopic (exact) mass is 285 g/mol. The topological polar surface area (TPSA) is 46.2 Å². The van der Waals surface area contributed by atoms with Gasteiger partial charge in [-0.3, -0.25) is 0 Å². The number of sulfone groups is 1. The van der Waals surface area contributed by atoms with E-state index in [1.165, 1.54) is 18.2 Å². The van der Waals surface area contributed by atoms with E-state index in [9.17, 15) is 12.8 Å². The highest BCUT2D eigenvalue weighted by Gasteiger charge is 2.34. The Labute approximate surface area is 114 Å². The number of hydrogen-bond acceptors (Lipinski definition) is 3. The third kappa shape index (κ3) is 3.15. The summed E-state index contributed by atoms with van der Waals surface area (Å²) in [6, 6.07) is 5.88. The molecule has 3 nitrogen and oxygen atoms in total. The first kappa shape index (κ1) is 14.5. The second-order valence-corrected chi connectivity index (χ2v) is 7.22. The minimum atomic E-state index is -3.56. The average Bonchev–Trinajstić information content (AvgIpc) is 2.40. The van der Waals surface area contributed by atoms with E-state index in [1.54, 1.807) is 6.07 Å². The maximum atomic E-state index is 13.7. The van der Waals surface area contributed by atoms with Crippen molar-refractivity contribution in [3.8, 4) is 0 Å². The van der Waals surface area contributed by atoms with Gasteiger partial charge in [-0.15, -0.1) is 0 Å². The predicted octanol–water partition coefficient (Wildman–Crippen LogP) is 2.52. The Morgan fingerprint density at radius 1 is 1.32 bits per heavy atom. The summed E-state index contributed by atoms with van der Waals surface area (Å²) in [6.45, 7) is 2.84. The molecule has 0 heterocycles. The molecule has 0 aliphatic heterocycles. The molecule has 1 aromatic carbocycles. The molecule has 19 heavy (non-hydrogen) atoms. The van der Waals surface area contributed by atoms with Crippen molar-refractivity contribution in [1.82, 2.24) is 5.32 Å². The molecule has 1 aliphatic rings. The van der Waals surface area contributed by atoms with Crippen LogP contribution >= 0.6 is 0 Å². The zero-order valence-electron chi connectivity index (χ0n) is 11.1. The molecule has 0 amide bonds. The van der Waals surface area contributed by atoms with Crippen LogP contribution in [-0.2, 0) is 9.84 Å².